The topological polar surface area (TPSA) is 51.3 Å². The Bertz CT molecular complexity index is 976. The number of aromatic nitrogens is 1. The summed E-state index contributed by atoms with van der Waals surface area (Å²) in [5, 5.41) is 0. The molecule has 0 amide bonds. The number of nitrogens with zero attached hydrogens (tertiary/aromatic N) is 2. The number of hydrogen-bond acceptors (Lipinski definition) is 3. The van der Waals surface area contributed by atoms with Gasteiger partial charge in [-0.25, -0.2) is 0 Å². The van der Waals surface area contributed by atoms with E-state index >= 15 is 0 Å². The summed E-state index contributed by atoms with van der Waals surface area (Å²) in [5.41, 5.74) is 13.8. The van der Waals surface area contributed by atoms with E-state index in [4.69, 9.17) is 15.7 Å². The molecule has 3 heteroatoms. The normalized spacial score (nSPS) is 15.8. The van der Waals surface area contributed by atoms with Crippen LogP contribution in [0.4, 0.5) is 0 Å². The Morgan fingerprint density at radius 2 is 1.25 bits per heavy atom. The number of pyridine rings is 1. The fourth-order valence-corrected chi connectivity index (χ4v) is 5.24. The van der Waals surface area contributed by atoms with Crippen LogP contribution < -0.4 is 5.73 Å². The van der Waals surface area contributed by atoms with Crippen LogP contribution in [0.25, 0.3) is 0 Å². The van der Waals surface area contributed by atoms with Gasteiger partial charge in [-0.05, 0) is 51.9 Å². The number of allylic oxidation sites excluding steroid dienone is 2. The zero-order chi connectivity index (χ0) is 28.7. The third-order valence-corrected chi connectivity index (χ3v) is 7.45. The van der Waals surface area contributed by atoms with E-state index in [-0.39, 0.29) is 32.5 Å². The molecule has 0 radical (unpaired) electrons. The first-order valence-corrected chi connectivity index (χ1v) is 13.8. The molecule has 0 aromatic carbocycles. The first kappa shape index (κ1) is 32.4. The summed E-state index contributed by atoms with van der Waals surface area (Å²) in [6, 6.07) is 2.22. The lowest BCUT2D eigenvalue weighted by Crippen LogP contribution is -2.37. The molecule has 2 N–H and O–H groups in total. The molecular weight excluding hydrogens is 438 g/mol. The van der Waals surface area contributed by atoms with Gasteiger partial charge in [0.05, 0.1) is 0 Å². The molecule has 1 aromatic rings. The van der Waals surface area contributed by atoms with Crippen molar-refractivity contribution in [1.82, 2.24) is 4.98 Å². The Balaban J connectivity index is 3.60. The molecule has 0 spiro atoms. The number of aliphatic imine (C=N–C) groups is 1. The summed E-state index contributed by atoms with van der Waals surface area (Å²) in [5.74, 6) is 0. The largest absolute Gasteiger partial charge is 0.401 e. The molecule has 0 aliphatic heterocycles. The maximum atomic E-state index is 6.84. The molecule has 1 aromatic heterocycles. The first-order chi connectivity index (χ1) is 15.8. The molecule has 3 nitrogen and oxygen atoms in total. The van der Waals surface area contributed by atoms with Crippen molar-refractivity contribution in [1.29, 1.82) is 0 Å². The molecular formula is C33H59N3. The van der Waals surface area contributed by atoms with E-state index in [1.807, 2.05) is 13.2 Å². The Kier molecular flexibility index (Phi) is 9.23. The van der Waals surface area contributed by atoms with E-state index in [1.54, 1.807) is 0 Å². The maximum Gasteiger partial charge on any atom is 0.0500 e. The highest BCUT2D eigenvalue weighted by molar-refractivity contribution is 6.05. The second-order valence-electron chi connectivity index (χ2n) is 16.2. The van der Waals surface area contributed by atoms with Gasteiger partial charge in [0.1, 0.15) is 0 Å². The SMILES string of the molecule is C/N=C(\C(=C(/N)C(C)(C)C)C(C)(C)C)C(C)(C)CCC(C)(C)c1nccc(C(C)(C)C)c1C(C)(C)C. The van der Waals surface area contributed by atoms with Gasteiger partial charge in [0.15, 0.2) is 0 Å². The van der Waals surface area contributed by atoms with Crippen LogP contribution in [0, 0.1) is 16.2 Å². The predicted molar refractivity (Wildman–Crippen MR) is 161 cm³/mol. The highest BCUT2D eigenvalue weighted by Gasteiger charge is 2.39. The minimum absolute atomic E-state index is 0.0122. The average molecular weight is 498 g/mol. The van der Waals surface area contributed by atoms with E-state index in [0.29, 0.717) is 0 Å². The number of hydrogen-bond donors (Lipinski definition) is 1. The van der Waals surface area contributed by atoms with Crippen molar-refractivity contribution in [2.45, 2.75) is 140 Å². The predicted octanol–water partition coefficient (Wildman–Crippen LogP) is 9.14. The van der Waals surface area contributed by atoms with Crippen LogP contribution >= 0.6 is 0 Å². The quantitative estimate of drug-likeness (QED) is 0.398. The van der Waals surface area contributed by atoms with Gasteiger partial charge in [0.25, 0.3) is 0 Å². The Labute approximate surface area is 224 Å². The summed E-state index contributed by atoms with van der Waals surface area (Å²) in [6.07, 6.45) is 4.02. The van der Waals surface area contributed by atoms with Gasteiger partial charge < -0.3 is 5.73 Å². The summed E-state index contributed by atoms with van der Waals surface area (Å²) >= 11 is 0. The van der Waals surface area contributed by atoms with Gasteiger partial charge in [0, 0.05) is 46.6 Å². The van der Waals surface area contributed by atoms with Crippen LogP contribution in [0.1, 0.15) is 140 Å². The summed E-state index contributed by atoms with van der Waals surface area (Å²) in [4.78, 5) is 9.93. The molecule has 0 fully saturated rings. The smallest absolute Gasteiger partial charge is 0.0500 e. The molecule has 36 heavy (non-hydrogen) atoms. The van der Waals surface area contributed by atoms with Gasteiger partial charge in [-0.15, -0.1) is 0 Å². The molecule has 0 aliphatic rings. The molecule has 0 bridgehead atoms. The number of nitrogens with two attached hydrogens (primary N) is 1. The van der Waals surface area contributed by atoms with Crippen LogP contribution in [-0.2, 0) is 16.2 Å². The zero-order valence-corrected chi connectivity index (χ0v) is 27.0. The molecule has 0 atom stereocenters. The van der Waals surface area contributed by atoms with Gasteiger partial charge in [-0.1, -0.05) is 111 Å². The minimum Gasteiger partial charge on any atom is -0.401 e. The molecule has 1 rings (SSSR count). The summed E-state index contributed by atoms with van der Waals surface area (Å²) in [7, 11) is 1.93. The lowest BCUT2D eigenvalue weighted by Gasteiger charge is -2.40. The van der Waals surface area contributed by atoms with E-state index in [0.717, 1.165) is 24.3 Å². The molecule has 206 valence electrons. The van der Waals surface area contributed by atoms with E-state index in [2.05, 4.69) is 117 Å². The Morgan fingerprint density at radius 1 is 0.750 bits per heavy atom. The van der Waals surface area contributed by atoms with Crippen LogP contribution in [0.5, 0.6) is 0 Å². The zero-order valence-electron chi connectivity index (χ0n) is 27.0. The fourth-order valence-electron chi connectivity index (χ4n) is 5.24. The van der Waals surface area contributed by atoms with Crippen molar-refractivity contribution in [3.63, 3.8) is 0 Å². The van der Waals surface area contributed by atoms with Crippen molar-refractivity contribution >= 4 is 5.71 Å². The average Bonchev–Trinajstić information content (AvgIpc) is 2.66. The van der Waals surface area contributed by atoms with Gasteiger partial charge in [-0.2, -0.15) is 0 Å². The van der Waals surface area contributed by atoms with Crippen molar-refractivity contribution < 1.29 is 0 Å². The molecule has 0 unspecified atom stereocenters. The molecule has 0 saturated heterocycles. The first-order valence-electron chi connectivity index (χ1n) is 13.8. The minimum atomic E-state index is -0.131. The van der Waals surface area contributed by atoms with Crippen molar-refractivity contribution in [3.8, 4) is 0 Å². The van der Waals surface area contributed by atoms with E-state index in [9.17, 15) is 0 Å². The second kappa shape index (κ2) is 10.3. The highest BCUT2D eigenvalue weighted by Crippen LogP contribution is 2.45. The van der Waals surface area contributed by atoms with Crippen molar-refractivity contribution in [2.24, 2.45) is 27.0 Å². The lowest BCUT2D eigenvalue weighted by molar-refractivity contribution is 0.352. The maximum absolute atomic E-state index is 6.84. The van der Waals surface area contributed by atoms with E-state index < -0.39 is 0 Å². The fraction of sp³-hybridized carbons (Fsp3) is 0.758. The Hall–Kier alpha value is -1.64. The third kappa shape index (κ3) is 7.45. The van der Waals surface area contributed by atoms with Crippen LogP contribution in [-0.4, -0.2) is 17.7 Å². The van der Waals surface area contributed by atoms with Crippen molar-refractivity contribution in [2.75, 3.05) is 7.05 Å². The second-order valence-corrected chi connectivity index (χ2v) is 16.2. The van der Waals surface area contributed by atoms with Crippen molar-refractivity contribution in [3.05, 3.63) is 40.4 Å². The molecule has 1 heterocycles. The van der Waals surface area contributed by atoms with Crippen LogP contribution in [0.15, 0.2) is 28.5 Å². The Morgan fingerprint density at radius 3 is 1.61 bits per heavy atom. The number of rotatable bonds is 6. The lowest BCUT2D eigenvalue weighted by atomic mass is 9.66. The van der Waals surface area contributed by atoms with Gasteiger partial charge in [-0.3, -0.25) is 9.98 Å². The van der Waals surface area contributed by atoms with E-state index in [1.165, 1.54) is 22.4 Å². The van der Waals surface area contributed by atoms with Crippen LogP contribution in [0.2, 0.25) is 0 Å². The van der Waals surface area contributed by atoms with Gasteiger partial charge >= 0.3 is 0 Å². The van der Waals surface area contributed by atoms with Crippen LogP contribution in [0.3, 0.4) is 0 Å². The third-order valence-electron chi connectivity index (χ3n) is 7.45. The molecule has 0 aliphatic carbocycles. The highest BCUT2D eigenvalue weighted by atomic mass is 14.8. The van der Waals surface area contributed by atoms with Gasteiger partial charge in [0.2, 0.25) is 0 Å². The standard InChI is InChI=1S/C33H59N3/c1-28(2,3)22-18-21-36-27(23(22)29(4,5)6)33(15,16)20-19-32(13,14)26(35-17)24(30(7,8)9)25(34)31(10,11)12/h18,21H,19-20,34H2,1-17H3/b25-24+,35-26+. The molecule has 0 saturated carbocycles. The summed E-state index contributed by atoms with van der Waals surface area (Å²) < 4.78 is 0. The summed E-state index contributed by atoms with van der Waals surface area (Å²) in [6.45, 7) is 36.6. The monoisotopic (exact) mass is 497 g/mol.